The van der Waals surface area contributed by atoms with E-state index in [1.165, 1.54) is 44.5 Å². The van der Waals surface area contributed by atoms with Gasteiger partial charge in [-0.05, 0) is 93.0 Å². The van der Waals surface area contributed by atoms with E-state index in [0.717, 1.165) is 22.8 Å². The second kappa shape index (κ2) is 9.43. The Kier molecular flexibility index (Phi) is 5.50. The van der Waals surface area contributed by atoms with Crippen molar-refractivity contribution in [3.8, 4) is 28.0 Å². The van der Waals surface area contributed by atoms with Gasteiger partial charge >= 0.3 is 0 Å². The first-order chi connectivity index (χ1) is 21.1. The van der Waals surface area contributed by atoms with Crippen molar-refractivity contribution in [2.45, 2.75) is 5.41 Å². The molecule has 43 heavy (non-hydrogen) atoms. The number of nitro benzene ring substituents is 1. The van der Waals surface area contributed by atoms with Crippen LogP contribution in [-0.4, -0.2) is 12.0 Å². The molecule has 0 N–H and O–H groups in total. The Morgan fingerprint density at radius 1 is 0.558 bits per heavy atom. The summed E-state index contributed by atoms with van der Waals surface area (Å²) in [5.74, 6) is 0.759. The smallest absolute Gasteiger partial charge is 0.269 e. The molecule has 0 radical (unpaired) electrons. The van der Waals surface area contributed by atoms with Crippen molar-refractivity contribution < 1.29 is 9.66 Å². The predicted octanol–water partition coefficient (Wildman–Crippen LogP) is 9.42. The molecule has 0 unspecified atom stereocenters. The third-order valence-corrected chi connectivity index (χ3v) is 8.89. The molecule has 8 rings (SSSR count). The number of methoxy groups -OCH3 is 1. The minimum atomic E-state index is -0.462. The molecule has 0 fully saturated rings. The number of rotatable bonds is 5. The van der Waals surface area contributed by atoms with Crippen molar-refractivity contribution in [2.24, 2.45) is 0 Å². The molecule has 0 amide bonds. The summed E-state index contributed by atoms with van der Waals surface area (Å²) in [4.78, 5) is 13.2. The van der Waals surface area contributed by atoms with Crippen LogP contribution < -0.4 is 9.64 Å². The van der Waals surface area contributed by atoms with Gasteiger partial charge in [-0.15, -0.1) is 0 Å². The Hall–Kier alpha value is -5.68. The fourth-order valence-electron chi connectivity index (χ4n) is 7.12. The second-order valence-corrected chi connectivity index (χ2v) is 10.9. The Morgan fingerprint density at radius 3 is 1.49 bits per heavy atom. The molecule has 0 atom stereocenters. The van der Waals surface area contributed by atoms with Gasteiger partial charge in [-0.25, -0.2) is 0 Å². The van der Waals surface area contributed by atoms with E-state index >= 15 is 0 Å². The van der Waals surface area contributed by atoms with Crippen molar-refractivity contribution in [1.29, 1.82) is 0 Å². The summed E-state index contributed by atoms with van der Waals surface area (Å²) in [5.41, 5.74) is 12.3. The topological polar surface area (TPSA) is 55.6 Å². The third-order valence-electron chi connectivity index (χ3n) is 8.89. The van der Waals surface area contributed by atoms with Crippen LogP contribution in [0.15, 0.2) is 140 Å². The third kappa shape index (κ3) is 3.52. The van der Waals surface area contributed by atoms with Crippen molar-refractivity contribution in [1.82, 2.24) is 0 Å². The number of hydrogen-bond donors (Lipinski definition) is 0. The summed E-state index contributed by atoms with van der Waals surface area (Å²) < 4.78 is 5.44. The lowest BCUT2D eigenvalue weighted by Crippen LogP contribution is -2.26. The molecule has 5 nitrogen and oxygen atoms in total. The van der Waals surface area contributed by atoms with E-state index in [2.05, 4.69) is 95.9 Å². The highest BCUT2D eigenvalue weighted by Crippen LogP contribution is 2.63. The maximum absolute atomic E-state index is 11.5. The molecule has 2 aliphatic rings. The van der Waals surface area contributed by atoms with Gasteiger partial charge in [0.1, 0.15) is 5.75 Å². The average molecular weight is 559 g/mol. The van der Waals surface area contributed by atoms with Crippen LogP contribution in [0.4, 0.5) is 22.7 Å². The summed E-state index contributed by atoms with van der Waals surface area (Å²) >= 11 is 0. The molecule has 0 aliphatic heterocycles. The SMILES string of the molecule is COc1ccc(N(c2ccc([N+](=O)[O-])cc2)c2ccc3c(c2)C2(c4ccccc4-c4ccccc42)c2ccccc2-3)cc1. The maximum Gasteiger partial charge on any atom is 0.269 e. The molecular formula is C38H26N2O3. The Labute approximate surface area is 249 Å². The van der Waals surface area contributed by atoms with Gasteiger partial charge in [0.2, 0.25) is 0 Å². The Bertz CT molecular complexity index is 1980. The van der Waals surface area contributed by atoms with E-state index in [1.807, 2.05) is 24.3 Å². The molecule has 1 spiro atoms. The van der Waals surface area contributed by atoms with E-state index in [9.17, 15) is 10.1 Å². The molecule has 0 saturated carbocycles. The second-order valence-electron chi connectivity index (χ2n) is 10.9. The molecule has 0 heterocycles. The molecule has 0 saturated heterocycles. The van der Waals surface area contributed by atoms with Crippen LogP contribution in [-0.2, 0) is 5.41 Å². The minimum absolute atomic E-state index is 0.0564. The van der Waals surface area contributed by atoms with Crippen LogP contribution in [0.1, 0.15) is 22.3 Å². The van der Waals surface area contributed by atoms with Crippen LogP contribution in [0.2, 0.25) is 0 Å². The molecular weight excluding hydrogens is 532 g/mol. The van der Waals surface area contributed by atoms with Crippen molar-refractivity contribution in [3.63, 3.8) is 0 Å². The number of nitro groups is 1. The van der Waals surface area contributed by atoms with E-state index in [0.29, 0.717) is 0 Å². The maximum atomic E-state index is 11.5. The monoisotopic (exact) mass is 558 g/mol. The fraction of sp³-hybridized carbons (Fsp3) is 0.0526. The lowest BCUT2D eigenvalue weighted by molar-refractivity contribution is -0.384. The van der Waals surface area contributed by atoms with Crippen LogP contribution in [0.3, 0.4) is 0 Å². The van der Waals surface area contributed by atoms with Gasteiger partial charge in [0, 0.05) is 29.2 Å². The number of ether oxygens (including phenoxy) is 1. The molecule has 2 aliphatic carbocycles. The zero-order valence-electron chi connectivity index (χ0n) is 23.4. The molecule has 0 aromatic heterocycles. The van der Waals surface area contributed by atoms with Crippen molar-refractivity contribution in [3.05, 3.63) is 172 Å². The predicted molar refractivity (Wildman–Crippen MR) is 171 cm³/mol. The number of nitrogens with zero attached hydrogens (tertiary/aromatic N) is 2. The number of non-ortho nitro benzene ring substituents is 1. The molecule has 6 aromatic carbocycles. The number of anilines is 3. The van der Waals surface area contributed by atoms with E-state index < -0.39 is 5.41 Å². The lowest BCUT2D eigenvalue weighted by Gasteiger charge is -2.32. The molecule has 6 aromatic rings. The molecule has 0 bridgehead atoms. The fourth-order valence-corrected chi connectivity index (χ4v) is 7.12. The quantitative estimate of drug-likeness (QED) is 0.156. The van der Waals surface area contributed by atoms with Crippen molar-refractivity contribution in [2.75, 3.05) is 12.0 Å². The zero-order valence-corrected chi connectivity index (χ0v) is 23.4. The summed E-state index contributed by atoms with van der Waals surface area (Å²) in [6.07, 6.45) is 0. The summed E-state index contributed by atoms with van der Waals surface area (Å²) in [6, 6.07) is 47.5. The van der Waals surface area contributed by atoms with E-state index in [4.69, 9.17) is 4.74 Å². The zero-order chi connectivity index (χ0) is 29.1. The minimum Gasteiger partial charge on any atom is -0.497 e. The van der Waals surface area contributed by atoms with E-state index in [1.54, 1.807) is 31.4 Å². The highest BCUT2D eigenvalue weighted by Gasteiger charge is 2.51. The Balaban J connectivity index is 1.40. The van der Waals surface area contributed by atoms with Gasteiger partial charge < -0.3 is 9.64 Å². The van der Waals surface area contributed by atoms with Crippen LogP contribution in [0, 0.1) is 10.1 Å². The van der Waals surface area contributed by atoms with Gasteiger partial charge in [-0.2, -0.15) is 0 Å². The largest absolute Gasteiger partial charge is 0.497 e. The highest BCUT2D eigenvalue weighted by molar-refractivity contribution is 5.96. The van der Waals surface area contributed by atoms with Crippen LogP contribution in [0.5, 0.6) is 5.75 Å². The normalized spacial score (nSPS) is 13.1. The lowest BCUT2D eigenvalue weighted by atomic mass is 9.70. The summed E-state index contributed by atoms with van der Waals surface area (Å²) in [5, 5.41) is 11.5. The van der Waals surface area contributed by atoms with E-state index in [-0.39, 0.29) is 10.6 Å². The molecule has 5 heteroatoms. The highest BCUT2D eigenvalue weighted by atomic mass is 16.6. The first kappa shape index (κ1) is 25.1. The van der Waals surface area contributed by atoms with Crippen molar-refractivity contribution >= 4 is 22.7 Å². The standard InChI is InChI=1S/C38H26N2O3/c1-43-29-21-18-26(19-22-29)39(25-14-16-27(17-15-25)40(41)42)28-20-23-33-32-10-4-7-13-36(32)38(37(33)24-28)34-11-5-2-8-30(34)31-9-3-6-12-35(31)38/h2-24H,1H3. The number of hydrogen-bond acceptors (Lipinski definition) is 4. The van der Waals surface area contributed by atoms with Gasteiger partial charge in [0.05, 0.1) is 17.4 Å². The van der Waals surface area contributed by atoms with Gasteiger partial charge in [0.25, 0.3) is 5.69 Å². The summed E-state index contributed by atoms with van der Waals surface area (Å²) in [7, 11) is 1.65. The average Bonchev–Trinajstić information content (AvgIpc) is 3.53. The van der Waals surface area contributed by atoms with Gasteiger partial charge in [-0.3, -0.25) is 10.1 Å². The first-order valence-electron chi connectivity index (χ1n) is 14.2. The van der Waals surface area contributed by atoms with Gasteiger partial charge in [-0.1, -0.05) is 78.9 Å². The Morgan fingerprint density at radius 2 is 1.00 bits per heavy atom. The molecule has 206 valence electrons. The first-order valence-corrected chi connectivity index (χ1v) is 14.2. The number of benzene rings is 6. The van der Waals surface area contributed by atoms with Crippen LogP contribution in [0.25, 0.3) is 22.3 Å². The number of fused-ring (bicyclic) bond motifs is 10. The summed E-state index contributed by atoms with van der Waals surface area (Å²) in [6.45, 7) is 0. The van der Waals surface area contributed by atoms with Crippen LogP contribution >= 0.6 is 0 Å². The van der Waals surface area contributed by atoms with Gasteiger partial charge in [0.15, 0.2) is 0 Å².